The van der Waals surface area contributed by atoms with Gasteiger partial charge in [-0.1, -0.05) is 38.0 Å². The summed E-state index contributed by atoms with van der Waals surface area (Å²) in [6, 6.07) is 8.48. The van der Waals surface area contributed by atoms with Gasteiger partial charge in [0.1, 0.15) is 0 Å². The van der Waals surface area contributed by atoms with Gasteiger partial charge in [-0.25, -0.2) is 0 Å². The molecule has 1 aliphatic rings. The van der Waals surface area contributed by atoms with Crippen LogP contribution in [0.2, 0.25) is 0 Å². The Morgan fingerprint density at radius 1 is 1.30 bits per heavy atom. The van der Waals surface area contributed by atoms with Gasteiger partial charge in [-0.15, -0.1) is 0 Å². The largest absolute Gasteiger partial charge is 0.313 e. The van der Waals surface area contributed by atoms with Crippen LogP contribution < -0.4 is 5.32 Å². The Labute approximate surface area is 125 Å². The lowest BCUT2D eigenvalue weighted by atomic mass is 10.00. The van der Waals surface area contributed by atoms with Crippen molar-refractivity contribution in [2.75, 3.05) is 12.3 Å². The van der Waals surface area contributed by atoms with E-state index in [1.165, 1.54) is 25.7 Å². The zero-order valence-electron chi connectivity index (χ0n) is 12.7. The molecule has 0 bridgehead atoms. The van der Waals surface area contributed by atoms with Gasteiger partial charge in [-0.3, -0.25) is 4.21 Å². The van der Waals surface area contributed by atoms with Crippen LogP contribution in [0, 0.1) is 12.8 Å². The Hall–Kier alpha value is -0.670. The molecule has 1 aliphatic carbocycles. The highest BCUT2D eigenvalue weighted by Crippen LogP contribution is 2.29. The Kier molecular flexibility index (Phi) is 6.24. The number of aryl methyl sites for hydroxylation is 1. The van der Waals surface area contributed by atoms with Crippen molar-refractivity contribution >= 4 is 10.8 Å². The summed E-state index contributed by atoms with van der Waals surface area (Å²) in [4.78, 5) is 1.01. The Bertz CT molecular complexity index is 440. The molecular weight excluding hydrogens is 266 g/mol. The lowest BCUT2D eigenvalue weighted by molar-refractivity contribution is 0.385. The molecule has 0 radical (unpaired) electrons. The molecule has 2 unspecified atom stereocenters. The molecular formula is C17H27NOS. The van der Waals surface area contributed by atoms with Crippen molar-refractivity contribution in [1.82, 2.24) is 5.32 Å². The van der Waals surface area contributed by atoms with Crippen molar-refractivity contribution in [2.24, 2.45) is 5.92 Å². The quantitative estimate of drug-likeness (QED) is 0.831. The first kappa shape index (κ1) is 15.7. The standard InChI is InChI=1S/C17H27NOS/c1-3-12-18-16(15-9-5-6-10-15)13-20(19)17-11-7-4-8-14(17)2/h4,7-8,11,15-16,18H,3,5-6,9-10,12-13H2,1-2H3. The third kappa shape index (κ3) is 4.16. The third-order valence-corrected chi connectivity index (χ3v) is 5.91. The topological polar surface area (TPSA) is 29.1 Å². The smallest absolute Gasteiger partial charge is 0.0548 e. The summed E-state index contributed by atoms with van der Waals surface area (Å²) >= 11 is 0. The molecule has 1 fully saturated rings. The Morgan fingerprint density at radius 3 is 2.65 bits per heavy atom. The van der Waals surface area contributed by atoms with Gasteiger partial charge in [0.2, 0.25) is 0 Å². The van der Waals surface area contributed by atoms with E-state index in [0.29, 0.717) is 6.04 Å². The van der Waals surface area contributed by atoms with Crippen LogP contribution in [0.15, 0.2) is 29.2 Å². The van der Waals surface area contributed by atoms with Crippen LogP contribution in [0.25, 0.3) is 0 Å². The number of hydrogen-bond donors (Lipinski definition) is 1. The first-order valence-corrected chi connectivity index (χ1v) is 9.21. The number of nitrogens with one attached hydrogen (secondary N) is 1. The molecule has 2 nitrogen and oxygen atoms in total. The van der Waals surface area contributed by atoms with E-state index < -0.39 is 10.8 Å². The van der Waals surface area contributed by atoms with Crippen LogP contribution in [-0.4, -0.2) is 22.5 Å². The van der Waals surface area contributed by atoms with Gasteiger partial charge in [0.15, 0.2) is 0 Å². The lowest BCUT2D eigenvalue weighted by Gasteiger charge is -2.24. The summed E-state index contributed by atoms with van der Waals surface area (Å²) in [5.41, 5.74) is 1.14. The van der Waals surface area contributed by atoms with E-state index in [1.807, 2.05) is 18.2 Å². The van der Waals surface area contributed by atoms with Gasteiger partial charge in [0.25, 0.3) is 0 Å². The van der Waals surface area contributed by atoms with E-state index in [1.54, 1.807) is 0 Å². The molecule has 0 heterocycles. The lowest BCUT2D eigenvalue weighted by Crippen LogP contribution is -2.40. The highest BCUT2D eigenvalue weighted by atomic mass is 32.2. The minimum atomic E-state index is -0.887. The molecule has 0 aromatic heterocycles. The number of benzene rings is 1. The van der Waals surface area contributed by atoms with Crippen molar-refractivity contribution in [2.45, 2.75) is 56.9 Å². The first-order chi connectivity index (χ1) is 9.72. The van der Waals surface area contributed by atoms with Crippen LogP contribution in [0.5, 0.6) is 0 Å². The second kappa shape index (κ2) is 7.94. The maximum Gasteiger partial charge on any atom is 0.0548 e. The molecule has 0 amide bonds. The molecule has 1 aromatic carbocycles. The zero-order chi connectivity index (χ0) is 14.4. The van der Waals surface area contributed by atoms with Crippen LogP contribution in [0.1, 0.15) is 44.6 Å². The predicted molar refractivity (Wildman–Crippen MR) is 86.5 cm³/mol. The average Bonchev–Trinajstić information content (AvgIpc) is 2.97. The molecule has 1 saturated carbocycles. The van der Waals surface area contributed by atoms with E-state index >= 15 is 0 Å². The molecule has 2 atom stereocenters. The first-order valence-electron chi connectivity index (χ1n) is 7.89. The van der Waals surface area contributed by atoms with Crippen LogP contribution in [0.4, 0.5) is 0 Å². The van der Waals surface area contributed by atoms with Gasteiger partial charge in [0.05, 0.1) is 10.8 Å². The molecule has 0 aliphatic heterocycles. The van der Waals surface area contributed by atoms with Gasteiger partial charge in [-0.2, -0.15) is 0 Å². The SMILES string of the molecule is CCCNC(CS(=O)c1ccccc1C)C1CCCC1. The molecule has 1 aromatic rings. The maximum absolute atomic E-state index is 12.7. The molecule has 20 heavy (non-hydrogen) atoms. The average molecular weight is 293 g/mol. The summed E-state index contributed by atoms with van der Waals surface area (Å²) in [6.07, 6.45) is 6.41. The Morgan fingerprint density at radius 2 is 2.00 bits per heavy atom. The predicted octanol–water partition coefficient (Wildman–Crippen LogP) is 3.66. The van der Waals surface area contributed by atoms with E-state index in [-0.39, 0.29) is 0 Å². The molecule has 0 saturated heterocycles. The molecule has 3 heteroatoms. The fraction of sp³-hybridized carbons (Fsp3) is 0.647. The van der Waals surface area contributed by atoms with Crippen molar-refractivity contribution in [3.05, 3.63) is 29.8 Å². The van der Waals surface area contributed by atoms with Crippen LogP contribution >= 0.6 is 0 Å². The van der Waals surface area contributed by atoms with Gasteiger partial charge in [0, 0.05) is 16.7 Å². The van der Waals surface area contributed by atoms with E-state index in [0.717, 1.165) is 35.1 Å². The molecule has 0 spiro atoms. The highest BCUT2D eigenvalue weighted by Gasteiger charge is 2.26. The summed E-state index contributed by atoms with van der Waals surface area (Å²) in [5.74, 6) is 1.48. The van der Waals surface area contributed by atoms with Crippen molar-refractivity contribution < 1.29 is 4.21 Å². The number of hydrogen-bond acceptors (Lipinski definition) is 2. The summed E-state index contributed by atoms with van der Waals surface area (Å²) < 4.78 is 12.7. The van der Waals surface area contributed by atoms with Gasteiger partial charge in [-0.05, 0) is 50.3 Å². The van der Waals surface area contributed by atoms with Crippen LogP contribution in [0.3, 0.4) is 0 Å². The fourth-order valence-electron chi connectivity index (χ4n) is 3.12. The van der Waals surface area contributed by atoms with Crippen molar-refractivity contribution in [3.63, 3.8) is 0 Å². The Balaban J connectivity index is 2.02. The van der Waals surface area contributed by atoms with E-state index in [9.17, 15) is 4.21 Å². The minimum Gasteiger partial charge on any atom is -0.313 e. The fourth-order valence-corrected chi connectivity index (χ4v) is 4.67. The molecule has 2 rings (SSSR count). The van der Waals surface area contributed by atoms with Gasteiger partial charge >= 0.3 is 0 Å². The second-order valence-corrected chi connectivity index (χ2v) is 7.35. The maximum atomic E-state index is 12.7. The summed E-state index contributed by atoms with van der Waals surface area (Å²) in [5, 5.41) is 3.64. The normalized spacial score (nSPS) is 19.1. The minimum absolute atomic E-state index is 0.415. The summed E-state index contributed by atoms with van der Waals surface area (Å²) in [7, 11) is -0.887. The van der Waals surface area contributed by atoms with E-state index in [4.69, 9.17) is 0 Å². The van der Waals surface area contributed by atoms with Crippen molar-refractivity contribution in [3.8, 4) is 0 Å². The molecule has 1 N–H and O–H groups in total. The van der Waals surface area contributed by atoms with E-state index in [2.05, 4.69) is 25.2 Å². The second-order valence-electron chi connectivity index (χ2n) is 5.88. The highest BCUT2D eigenvalue weighted by molar-refractivity contribution is 7.85. The zero-order valence-corrected chi connectivity index (χ0v) is 13.5. The monoisotopic (exact) mass is 293 g/mol. The molecule has 112 valence electrons. The third-order valence-electron chi connectivity index (χ3n) is 4.30. The van der Waals surface area contributed by atoms with Gasteiger partial charge < -0.3 is 5.32 Å². The van der Waals surface area contributed by atoms with Crippen LogP contribution in [-0.2, 0) is 10.8 Å². The number of rotatable bonds is 7. The summed E-state index contributed by atoms with van der Waals surface area (Å²) in [6.45, 7) is 5.28. The van der Waals surface area contributed by atoms with Crippen molar-refractivity contribution in [1.29, 1.82) is 0 Å².